The van der Waals surface area contributed by atoms with Crippen molar-refractivity contribution in [1.29, 1.82) is 0 Å². The third kappa shape index (κ3) is 3.32. The van der Waals surface area contributed by atoms with Gasteiger partial charge in [-0.3, -0.25) is 14.9 Å². The van der Waals surface area contributed by atoms with Gasteiger partial charge in [0.15, 0.2) is 9.84 Å². The number of hydrogen-bond acceptors (Lipinski definition) is 4. The first-order valence-electron chi connectivity index (χ1n) is 7.17. The first-order chi connectivity index (χ1) is 10.9. The lowest BCUT2D eigenvalue weighted by molar-refractivity contribution is 0.483. The van der Waals surface area contributed by atoms with Gasteiger partial charge < -0.3 is 0 Å². The molecule has 1 atom stereocenters. The topological polar surface area (TPSA) is 84.3 Å². The van der Waals surface area contributed by atoms with Crippen LogP contribution in [0.4, 0.5) is 5.69 Å². The fourth-order valence-corrected chi connectivity index (χ4v) is 4.75. The Balaban J connectivity index is 1.93. The Morgan fingerprint density at radius 2 is 2.13 bits per heavy atom. The van der Waals surface area contributed by atoms with Gasteiger partial charge in [0.05, 0.1) is 28.8 Å². The van der Waals surface area contributed by atoms with Gasteiger partial charge in [-0.05, 0) is 41.4 Å². The Morgan fingerprint density at radius 3 is 2.78 bits per heavy atom. The second-order valence-electron chi connectivity index (χ2n) is 5.59. The minimum absolute atomic E-state index is 0.00762. The van der Waals surface area contributed by atoms with Gasteiger partial charge in [-0.2, -0.15) is 0 Å². The second-order valence-corrected chi connectivity index (χ2v) is 8.68. The van der Waals surface area contributed by atoms with Crippen molar-refractivity contribution in [2.75, 3.05) is 11.5 Å². The molecule has 0 bridgehead atoms. The number of nitrogens with zero attached hydrogens (tertiary/aromatic N) is 2. The molecule has 1 aliphatic heterocycles. The Morgan fingerprint density at radius 1 is 1.39 bits per heavy atom. The highest BCUT2D eigenvalue weighted by Gasteiger charge is 2.31. The quantitative estimate of drug-likeness (QED) is 0.806. The third-order valence-corrected chi connectivity index (χ3v) is 6.32. The number of rotatable bonds is 3. The average molecular weight is 398 g/mol. The molecule has 1 N–H and O–H groups in total. The van der Waals surface area contributed by atoms with Crippen molar-refractivity contribution < 1.29 is 8.42 Å². The molecule has 122 valence electrons. The van der Waals surface area contributed by atoms with E-state index in [1.807, 2.05) is 24.3 Å². The third-order valence-electron chi connectivity index (χ3n) is 3.90. The van der Waals surface area contributed by atoms with Gasteiger partial charge in [0.25, 0.3) is 5.56 Å². The summed E-state index contributed by atoms with van der Waals surface area (Å²) in [5.41, 5.74) is 1.61. The molecule has 1 aromatic heterocycles. The van der Waals surface area contributed by atoms with Crippen LogP contribution in [0.3, 0.4) is 0 Å². The maximum Gasteiger partial charge on any atom is 0.275 e. The fraction of sp³-hybridized carbons (Fsp3) is 0.333. The Kier molecular flexibility index (Phi) is 4.29. The normalized spacial score (nSPS) is 20.3. The summed E-state index contributed by atoms with van der Waals surface area (Å²) in [6, 6.07) is 7.14. The van der Waals surface area contributed by atoms with E-state index in [0.29, 0.717) is 17.7 Å². The van der Waals surface area contributed by atoms with Crippen molar-refractivity contribution in [2.24, 2.45) is 4.99 Å². The van der Waals surface area contributed by atoms with E-state index in [4.69, 9.17) is 0 Å². The lowest BCUT2D eigenvalue weighted by Crippen LogP contribution is -2.25. The van der Waals surface area contributed by atoms with Crippen LogP contribution in [0.1, 0.15) is 23.7 Å². The van der Waals surface area contributed by atoms with E-state index in [2.05, 4.69) is 26.0 Å². The molecule has 0 saturated carbocycles. The van der Waals surface area contributed by atoms with Crippen LogP contribution in [0.5, 0.6) is 0 Å². The molecule has 2 heterocycles. The SMILES string of the molecule is Cc1[nH]n([C@H]2CCS(=O)(=O)C2)c(=O)c1C=Nc1ccccc1Br. The summed E-state index contributed by atoms with van der Waals surface area (Å²) < 4.78 is 25.5. The minimum atomic E-state index is -3.04. The van der Waals surface area contributed by atoms with E-state index in [1.165, 1.54) is 10.9 Å². The number of H-pyrrole nitrogens is 1. The van der Waals surface area contributed by atoms with E-state index < -0.39 is 9.84 Å². The summed E-state index contributed by atoms with van der Waals surface area (Å²) >= 11 is 3.41. The number of nitrogens with one attached hydrogen (secondary N) is 1. The lowest BCUT2D eigenvalue weighted by Gasteiger charge is -2.07. The summed E-state index contributed by atoms with van der Waals surface area (Å²) in [7, 11) is -3.04. The summed E-state index contributed by atoms with van der Waals surface area (Å²) in [4.78, 5) is 16.9. The first-order valence-corrected chi connectivity index (χ1v) is 9.79. The van der Waals surface area contributed by atoms with E-state index in [-0.39, 0.29) is 23.1 Å². The van der Waals surface area contributed by atoms with Crippen molar-refractivity contribution in [3.05, 3.63) is 50.3 Å². The number of benzene rings is 1. The molecular weight excluding hydrogens is 382 g/mol. The number of sulfone groups is 1. The van der Waals surface area contributed by atoms with Gasteiger partial charge in [-0.25, -0.2) is 13.1 Å². The molecule has 1 saturated heterocycles. The predicted octanol–water partition coefficient (Wildman–Crippen LogP) is 2.36. The average Bonchev–Trinajstić information content (AvgIpc) is 2.99. The van der Waals surface area contributed by atoms with Crippen LogP contribution in [-0.2, 0) is 9.84 Å². The largest absolute Gasteiger partial charge is 0.299 e. The van der Waals surface area contributed by atoms with E-state index in [1.54, 1.807) is 6.92 Å². The Labute approximate surface area is 142 Å². The highest BCUT2D eigenvalue weighted by atomic mass is 79.9. The lowest BCUT2D eigenvalue weighted by atomic mass is 10.2. The molecule has 6 nitrogen and oxygen atoms in total. The number of aromatic amines is 1. The van der Waals surface area contributed by atoms with Gasteiger partial charge in [-0.15, -0.1) is 0 Å². The molecule has 3 rings (SSSR count). The van der Waals surface area contributed by atoms with Crippen molar-refractivity contribution in [3.8, 4) is 0 Å². The molecule has 1 aromatic carbocycles. The smallest absolute Gasteiger partial charge is 0.275 e. The van der Waals surface area contributed by atoms with Crippen molar-refractivity contribution >= 4 is 37.7 Å². The van der Waals surface area contributed by atoms with Crippen LogP contribution >= 0.6 is 15.9 Å². The zero-order valence-corrected chi connectivity index (χ0v) is 14.9. The molecule has 0 amide bonds. The summed E-state index contributed by atoms with van der Waals surface area (Å²) in [6.07, 6.45) is 1.98. The number of aromatic nitrogens is 2. The maximum absolute atomic E-state index is 12.5. The van der Waals surface area contributed by atoms with Crippen LogP contribution in [0.15, 0.2) is 38.5 Å². The van der Waals surface area contributed by atoms with Gasteiger partial charge in [0.2, 0.25) is 0 Å². The number of para-hydroxylation sites is 1. The van der Waals surface area contributed by atoms with Gasteiger partial charge in [0, 0.05) is 16.4 Å². The van der Waals surface area contributed by atoms with Gasteiger partial charge >= 0.3 is 0 Å². The highest BCUT2D eigenvalue weighted by Crippen LogP contribution is 2.24. The number of halogens is 1. The molecule has 0 radical (unpaired) electrons. The molecule has 8 heteroatoms. The zero-order valence-electron chi connectivity index (χ0n) is 12.5. The number of hydrogen-bond donors (Lipinski definition) is 1. The highest BCUT2D eigenvalue weighted by molar-refractivity contribution is 9.10. The van der Waals surface area contributed by atoms with Crippen molar-refractivity contribution in [1.82, 2.24) is 9.78 Å². The summed E-state index contributed by atoms with van der Waals surface area (Å²) in [5, 5.41) is 2.98. The van der Waals surface area contributed by atoms with Gasteiger partial charge in [0.1, 0.15) is 0 Å². The van der Waals surface area contributed by atoms with Crippen LogP contribution in [0, 0.1) is 6.92 Å². The molecule has 0 spiro atoms. The van der Waals surface area contributed by atoms with Crippen LogP contribution in [0.2, 0.25) is 0 Å². The fourth-order valence-electron chi connectivity index (χ4n) is 2.66. The van der Waals surface area contributed by atoms with E-state index in [0.717, 1.165) is 10.2 Å². The zero-order chi connectivity index (χ0) is 16.6. The summed E-state index contributed by atoms with van der Waals surface area (Å²) in [6.45, 7) is 1.78. The molecule has 1 fully saturated rings. The molecule has 0 unspecified atom stereocenters. The molecule has 1 aliphatic rings. The van der Waals surface area contributed by atoms with E-state index >= 15 is 0 Å². The van der Waals surface area contributed by atoms with Crippen LogP contribution < -0.4 is 5.56 Å². The number of aliphatic imine (C=N–C) groups is 1. The first kappa shape index (κ1) is 16.2. The van der Waals surface area contributed by atoms with E-state index in [9.17, 15) is 13.2 Å². The van der Waals surface area contributed by atoms with Crippen LogP contribution in [-0.4, -0.2) is 35.9 Å². The standard InChI is InChI=1S/C15H16BrN3O3S/c1-10-12(8-17-14-5-3-2-4-13(14)16)15(20)19(18-10)11-6-7-23(21,22)9-11/h2-5,8,11,18H,6-7,9H2,1H3/t11-/m0/s1. The molecule has 0 aliphatic carbocycles. The second kappa shape index (κ2) is 6.09. The summed E-state index contributed by atoms with van der Waals surface area (Å²) in [5.74, 6) is 0.135. The Bertz CT molecular complexity index is 928. The Hall–Kier alpha value is -1.67. The number of aryl methyl sites for hydroxylation is 1. The molecular formula is C15H16BrN3O3S. The minimum Gasteiger partial charge on any atom is -0.299 e. The monoisotopic (exact) mass is 397 g/mol. The van der Waals surface area contributed by atoms with Crippen molar-refractivity contribution in [2.45, 2.75) is 19.4 Å². The van der Waals surface area contributed by atoms with Crippen molar-refractivity contribution in [3.63, 3.8) is 0 Å². The molecule has 23 heavy (non-hydrogen) atoms. The predicted molar refractivity (Wildman–Crippen MR) is 93.5 cm³/mol. The molecule has 2 aromatic rings. The maximum atomic E-state index is 12.5. The van der Waals surface area contributed by atoms with Gasteiger partial charge in [-0.1, -0.05) is 12.1 Å². The van der Waals surface area contributed by atoms with Crippen LogP contribution in [0.25, 0.3) is 0 Å².